The van der Waals surface area contributed by atoms with E-state index in [1.807, 2.05) is 12.1 Å². The maximum Gasteiger partial charge on any atom is 0.343 e. The zero-order chi connectivity index (χ0) is 21.1. The highest BCUT2D eigenvalue weighted by Crippen LogP contribution is 2.37. The molecule has 30 heavy (non-hydrogen) atoms. The van der Waals surface area contributed by atoms with Crippen LogP contribution in [0, 0.1) is 0 Å². The first kappa shape index (κ1) is 20.6. The maximum absolute atomic E-state index is 12.5. The SMILES string of the molecule is CCOC(=O)c1c[nH]n2c(=O)cc(CNC3(c4ccc(Cl)cc4)CCCCC3)nc12. The fourth-order valence-corrected chi connectivity index (χ4v) is 4.36. The number of esters is 1. The molecule has 1 aliphatic rings. The van der Waals surface area contributed by atoms with Crippen LogP contribution in [0.2, 0.25) is 5.02 Å². The summed E-state index contributed by atoms with van der Waals surface area (Å²) in [5.41, 5.74) is 1.86. The summed E-state index contributed by atoms with van der Waals surface area (Å²) in [6, 6.07) is 9.45. The lowest BCUT2D eigenvalue weighted by Crippen LogP contribution is -2.43. The topological polar surface area (TPSA) is 88.5 Å². The van der Waals surface area contributed by atoms with Gasteiger partial charge in [0.05, 0.1) is 12.3 Å². The number of ether oxygens (including phenoxy) is 1. The van der Waals surface area contributed by atoms with Gasteiger partial charge in [0.2, 0.25) is 0 Å². The molecule has 2 N–H and O–H groups in total. The molecule has 0 saturated heterocycles. The lowest BCUT2D eigenvalue weighted by Gasteiger charge is -2.39. The highest BCUT2D eigenvalue weighted by Gasteiger charge is 2.33. The number of halogens is 1. The quantitative estimate of drug-likeness (QED) is 0.583. The molecule has 1 aliphatic carbocycles. The number of rotatable bonds is 6. The van der Waals surface area contributed by atoms with Gasteiger partial charge in [0, 0.05) is 29.4 Å². The molecule has 0 radical (unpaired) electrons. The fourth-order valence-electron chi connectivity index (χ4n) is 4.23. The molecule has 0 bridgehead atoms. The van der Waals surface area contributed by atoms with Crippen molar-refractivity contribution in [3.63, 3.8) is 0 Å². The zero-order valence-corrected chi connectivity index (χ0v) is 17.7. The van der Waals surface area contributed by atoms with Crippen LogP contribution in [0.5, 0.6) is 0 Å². The van der Waals surface area contributed by atoms with E-state index in [9.17, 15) is 9.59 Å². The highest BCUT2D eigenvalue weighted by molar-refractivity contribution is 6.30. The van der Waals surface area contributed by atoms with Crippen molar-refractivity contribution in [2.24, 2.45) is 0 Å². The second kappa shape index (κ2) is 8.62. The van der Waals surface area contributed by atoms with Gasteiger partial charge in [-0.3, -0.25) is 9.89 Å². The van der Waals surface area contributed by atoms with Crippen LogP contribution in [-0.2, 0) is 16.8 Å². The van der Waals surface area contributed by atoms with Crippen LogP contribution in [0.1, 0.15) is 60.6 Å². The van der Waals surface area contributed by atoms with Gasteiger partial charge in [-0.25, -0.2) is 14.3 Å². The number of hydrogen-bond donors (Lipinski definition) is 2. The minimum Gasteiger partial charge on any atom is -0.462 e. The van der Waals surface area contributed by atoms with Crippen LogP contribution in [0.25, 0.3) is 5.65 Å². The second-order valence-electron chi connectivity index (χ2n) is 7.66. The molecular formula is C22H25ClN4O3. The molecule has 0 unspecified atom stereocenters. The van der Waals surface area contributed by atoms with Crippen molar-refractivity contribution >= 4 is 23.2 Å². The number of hydrogen-bond acceptors (Lipinski definition) is 5. The van der Waals surface area contributed by atoms with Crippen molar-refractivity contribution in [3.8, 4) is 0 Å². The smallest absolute Gasteiger partial charge is 0.343 e. The monoisotopic (exact) mass is 428 g/mol. The van der Waals surface area contributed by atoms with Crippen molar-refractivity contribution < 1.29 is 9.53 Å². The molecule has 0 aliphatic heterocycles. The Balaban J connectivity index is 1.64. The first-order chi connectivity index (χ1) is 14.5. The number of aromatic amines is 1. The van der Waals surface area contributed by atoms with Crippen LogP contribution >= 0.6 is 11.6 Å². The van der Waals surface area contributed by atoms with Gasteiger partial charge in [0.15, 0.2) is 5.65 Å². The molecule has 158 valence electrons. The molecule has 8 heteroatoms. The third-order valence-corrected chi connectivity index (χ3v) is 6.01. The molecule has 1 fully saturated rings. The number of nitrogens with one attached hydrogen (secondary N) is 2. The van der Waals surface area contributed by atoms with E-state index in [1.165, 1.54) is 28.8 Å². The summed E-state index contributed by atoms with van der Waals surface area (Å²) in [7, 11) is 0. The average molecular weight is 429 g/mol. The van der Waals surface area contributed by atoms with E-state index in [0.29, 0.717) is 17.3 Å². The fraction of sp³-hybridized carbons (Fsp3) is 0.409. The van der Waals surface area contributed by atoms with Crippen LogP contribution in [0.3, 0.4) is 0 Å². The van der Waals surface area contributed by atoms with Crippen molar-refractivity contribution in [1.82, 2.24) is 19.9 Å². The van der Waals surface area contributed by atoms with Crippen molar-refractivity contribution in [3.05, 3.63) is 68.7 Å². The van der Waals surface area contributed by atoms with Crippen molar-refractivity contribution in [2.75, 3.05) is 6.61 Å². The van der Waals surface area contributed by atoms with Crippen LogP contribution in [-0.4, -0.2) is 27.2 Å². The van der Waals surface area contributed by atoms with Crippen LogP contribution in [0.15, 0.2) is 41.3 Å². The Labute approximate surface area is 179 Å². The number of benzene rings is 1. The second-order valence-corrected chi connectivity index (χ2v) is 8.09. The first-order valence-electron chi connectivity index (χ1n) is 10.3. The maximum atomic E-state index is 12.5. The molecule has 0 atom stereocenters. The van der Waals surface area contributed by atoms with Gasteiger partial charge in [-0.15, -0.1) is 0 Å². The molecule has 2 heterocycles. The van der Waals surface area contributed by atoms with Gasteiger partial charge in [-0.2, -0.15) is 0 Å². The molecule has 4 rings (SSSR count). The predicted molar refractivity (Wildman–Crippen MR) is 115 cm³/mol. The number of H-pyrrole nitrogens is 1. The predicted octanol–water partition coefficient (Wildman–Crippen LogP) is 3.80. The third kappa shape index (κ3) is 4.00. The van der Waals surface area contributed by atoms with Crippen LogP contribution in [0.4, 0.5) is 0 Å². The Bertz CT molecular complexity index is 1100. The number of nitrogens with zero attached hydrogens (tertiary/aromatic N) is 2. The average Bonchev–Trinajstić information content (AvgIpc) is 3.18. The molecule has 3 aromatic rings. The highest BCUT2D eigenvalue weighted by atomic mass is 35.5. The normalized spacial score (nSPS) is 15.9. The van der Waals surface area contributed by atoms with Gasteiger partial charge < -0.3 is 10.1 Å². The number of carbonyl (C=O) groups is 1. The van der Waals surface area contributed by atoms with Crippen molar-refractivity contribution in [2.45, 2.75) is 51.1 Å². The number of fused-ring (bicyclic) bond motifs is 1. The summed E-state index contributed by atoms with van der Waals surface area (Å²) in [4.78, 5) is 29.3. The Morgan fingerprint density at radius 1 is 1.27 bits per heavy atom. The summed E-state index contributed by atoms with van der Waals surface area (Å²) < 4.78 is 6.33. The van der Waals surface area contributed by atoms with Crippen LogP contribution < -0.4 is 10.9 Å². The van der Waals surface area contributed by atoms with Gasteiger partial charge in [-0.1, -0.05) is 43.0 Å². The standard InChI is InChI=1S/C22H25ClN4O3/c1-2-30-21(29)18-14-25-27-19(28)12-17(26-20(18)27)13-24-22(10-4-3-5-11-22)15-6-8-16(23)9-7-15/h6-9,12,14,24-25H,2-5,10-11,13H2,1H3. The molecule has 2 aromatic heterocycles. The molecule has 1 aromatic carbocycles. The Morgan fingerprint density at radius 2 is 2.00 bits per heavy atom. The third-order valence-electron chi connectivity index (χ3n) is 5.76. The lowest BCUT2D eigenvalue weighted by atomic mass is 9.76. The molecule has 0 amide bonds. The largest absolute Gasteiger partial charge is 0.462 e. The summed E-state index contributed by atoms with van der Waals surface area (Å²) in [6.07, 6.45) is 6.96. The zero-order valence-electron chi connectivity index (χ0n) is 16.9. The minimum absolute atomic E-state index is 0.183. The van der Waals surface area contributed by atoms with E-state index in [2.05, 4.69) is 27.5 Å². The van der Waals surface area contributed by atoms with E-state index in [-0.39, 0.29) is 28.9 Å². The van der Waals surface area contributed by atoms with Gasteiger partial charge in [0.1, 0.15) is 5.56 Å². The van der Waals surface area contributed by atoms with Gasteiger partial charge in [-0.05, 0) is 37.5 Å². The Hall–Kier alpha value is -2.64. The minimum atomic E-state index is -0.502. The molecular weight excluding hydrogens is 404 g/mol. The van der Waals surface area contributed by atoms with Gasteiger partial charge in [0.25, 0.3) is 5.56 Å². The Kier molecular flexibility index (Phi) is 5.92. The summed E-state index contributed by atoms with van der Waals surface area (Å²) >= 11 is 6.09. The van der Waals surface area contributed by atoms with E-state index in [0.717, 1.165) is 25.7 Å². The molecule has 0 spiro atoms. The Morgan fingerprint density at radius 3 is 2.70 bits per heavy atom. The van der Waals surface area contributed by atoms with E-state index < -0.39 is 5.97 Å². The van der Waals surface area contributed by atoms with E-state index >= 15 is 0 Å². The summed E-state index contributed by atoms with van der Waals surface area (Å²) in [5.74, 6) is -0.502. The summed E-state index contributed by atoms with van der Waals surface area (Å²) in [6.45, 7) is 2.41. The summed E-state index contributed by atoms with van der Waals surface area (Å²) in [5, 5.41) is 7.15. The van der Waals surface area contributed by atoms with E-state index in [1.54, 1.807) is 6.92 Å². The van der Waals surface area contributed by atoms with Gasteiger partial charge >= 0.3 is 5.97 Å². The van der Waals surface area contributed by atoms with Crippen molar-refractivity contribution in [1.29, 1.82) is 0 Å². The first-order valence-corrected chi connectivity index (χ1v) is 10.7. The number of carbonyl (C=O) groups excluding carboxylic acids is 1. The number of aromatic nitrogens is 3. The molecule has 1 saturated carbocycles. The molecule has 7 nitrogen and oxygen atoms in total. The van der Waals surface area contributed by atoms with E-state index in [4.69, 9.17) is 16.3 Å². The lowest BCUT2D eigenvalue weighted by molar-refractivity contribution is 0.0528.